The highest BCUT2D eigenvalue weighted by atomic mass is 35.5. The second-order valence-corrected chi connectivity index (χ2v) is 5.95. The van der Waals surface area contributed by atoms with Crippen LogP contribution in [0.2, 0.25) is 5.02 Å². The monoisotopic (exact) mass is 351 g/mol. The molecule has 1 aliphatic heterocycles. The van der Waals surface area contributed by atoms with E-state index in [0.717, 1.165) is 4.90 Å². The third-order valence-corrected chi connectivity index (χ3v) is 3.68. The zero-order chi connectivity index (χ0) is 17.9. The molecule has 1 aromatic rings. The molecule has 3 N–H and O–H groups in total. The summed E-state index contributed by atoms with van der Waals surface area (Å²) in [5.41, 5.74) is 1.06. The molecule has 2 rings (SSSR count). The number of aliphatic hydroxyl groups excluding tert-OH is 1. The van der Waals surface area contributed by atoms with Gasteiger partial charge in [0.05, 0.1) is 23.9 Å². The largest absolute Gasteiger partial charge is 0.395 e. The number of anilines is 2. The first-order chi connectivity index (χ1) is 11.3. The predicted octanol–water partition coefficient (Wildman–Crippen LogP) is 1.59. The van der Waals surface area contributed by atoms with Crippen LogP contribution < -0.4 is 10.6 Å². The maximum absolute atomic E-state index is 12.1. The van der Waals surface area contributed by atoms with Gasteiger partial charge in [-0.2, -0.15) is 0 Å². The van der Waals surface area contributed by atoms with E-state index in [0.29, 0.717) is 16.4 Å². The number of hydrogen-bond acceptors (Lipinski definition) is 5. The summed E-state index contributed by atoms with van der Waals surface area (Å²) >= 11 is 6.14. The third-order valence-electron chi connectivity index (χ3n) is 3.36. The van der Waals surface area contributed by atoms with Crippen molar-refractivity contribution in [1.29, 1.82) is 0 Å². The van der Waals surface area contributed by atoms with Crippen LogP contribution in [0.15, 0.2) is 30.0 Å². The van der Waals surface area contributed by atoms with Crippen LogP contribution in [0, 0.1) is 5.92 Å². The molecule has 0 fully saturated rings. The fraction of sp³-hybridized carbons (Fsp3) is 0.312. The first-order valence-electron chi connectivity index (χ1n) is 7.39. The van der Waals surface area contributed by atoms with Gasteiger partial charge in [-0.05, 0) is 18.2 Å². The number of β-amino-alcohol motifs (C(OH)–C–C–N with tert-alkyl or cyclic N) is 1. The molecule has 24 heavy (non-hydrogen) atoms. The minimum Gasteiger partial charge on any atom is -0.395 e. The quantitative estimate of drug-likeness (QED) is 0.676. The van der Waals surface area contributed by atoms with Crippen LogP contribution in [0.3, 0.4) is 0 Å². The molecule has 0 radical (unpaired) electrons. The van der Waals surface area contributed by atoms with Crippen molar-refractivity contribution >= 4 is 40.7 Å². The van der Waals surface area contributed by atoms with Crippen molar-refractivity contribution in [2.24, 2.45) is 5.92 Å². The summed E-state index contributed by atoms with van der Waals surface area (Å²) in [7, 11) is 0. The zero-order valence-electron chi connectivity index (χ0n) is 13.3. The lowest BCUT2D eigenvalue weighted by atomic mass is 10.2. The van der Waals surface area contributed by atoms with Gasteiger partial charge in [-0.15, -0.1) is 0 Å². The van der Waals surface area contributed by atoms with Crippen LogP contribution in [0.4, 0.5) is 11.4 Å². The number of aliphatic hydroxyl groups is 1. The van der Waals surface area contributed by atoms with E-state index in [9.17, 15) is 14.4 Å². The fourth-order valence-corrected chi connectivity index (χ4v) is 2.26. The first-order valence-corrected chi connectivity index (χ1v) is 7.77. The molecule has 0 aromatic heterocycles. The Kier molecular flexibility index (Phi) is 5.58. The molecule has 7 nitrogen and oxygen atoms in total. The summed E-state index contributed by atoms with van der Waals surface area (Å²) in [5.74, 6) is -1.33. The Bertz CT molecular complexity index is 715. The standard InChI is InChI=1S/C16H18ClN3O4/c1-9(2)15(23)19-12-4-3-10(7-11(12)17)18-13-8-14(22)20(5-6-21)16(13)24/h3-4,7-9,18,21H,5-6H2,1-2H3,(H,19,23). The van der Waals surface area contributed by atoms with Crippen molar-refractivity contribution in [2.75, 3.05) is 23.8 Å². The first kappa shape index (κ1) is 18.0. The van der Waals surface area contributed by atoms with Crippen LogP contribution in [-0.4, -0.2) is 40.9 Å². The van der Waals surface area contributed by atoms with Gasteiger partial charge in [0.15, 0.2) is 0 Å². The Morgan fingerprint density at radius 2 is 2.04 bits per heavy atom. The molecule has 1 aliphatic rings. The Morgan fingerprint density at radius 1 is 1.33 bits per heavy atom. The Labute approximate surface area is 144 Å². The van der Waals surface area contributed by atoms with Crippen LogP contribution in [-0.2, 0) is 14.4 Å². The summed E-state index contributed by atoms with van der Waals surface area (Å²) in [6.45, 7) is 3.19. The van der Waals surface area contributed by atoms with Crippen molar-refractivity contribution in [1.82, 2.24) is 4.90 Å². The van der Waals surface area contributed by atoms with Crippen molar-refractivity contribution in [3.8, 4) is 0 Å². The number of nitrogens with zero attached hydrogens (tertiary/aromatic N) is 1. The van der Waals surface area contributed by atoms with Crippen LogP contribution in [0.5, 0.6) is 0 Å². The summed E-state index contributed by atoms with van der Waals surface area (Å²) in [5, 5.41) is 14.7. The molecule has 0 atom stereocenters. The van der Waals surface area contributed by atoms with Gasteiger partial charge < -0.3 is 15.7 Å². The van der Waals surface area contributed by atoms with E-state index in [2.05, 4.69) is 10.6 Å². The van der Waals surface area contributed by atoms with Crippen LogP contribution in [0.25, 0.3) is 0 Å². The van der Waals surface area contributed by atoms with Crippen molar-refractivity contribution in [3.05, 3.63) is 35.0 Å². The van der Waals surface area contributed by atoms with Gasteiger partial charge >= 0.3 is 0 Å². The highest BCUT2D eigenvalue weighted by Crippen LogP contribution is 2.27. The molecule has 0 saturated carbocycles. The second kappa shape index (κ2) is 7.46. The number of amides is 3. The maximum Gasteiger partial charge on any atom is 0.277 e. The molecule has 8 heteroatoms. The van der Waals surface area contributed by atoms with Crippen molar-refractivity contribution < 1.29 is 19.5 Å². The topological polar surface area (TPSA) is 98.7 Å². The Morgan fingerprint density at radius 3 is 2.62 bits per heavy atom. The van der Waals surface area contributed by atoms with Crippen molar-refractivity contribution in [3.63, 3.8) is 0 Å². The third kappa shape index (κ3) is 3.93. The number of benzene rings is 1. The number of carbonyl (C=O) groups is 3. The number of imide groups is 1. The van der Waals surface area contributed by atoms with Gasteiger partial charge in [0.1, 0.15) is 5.70 Å². The van der Waals surface area contributed by atoms with Gasteiger partial charge in [-0.1, -0.05) is 25.4 Å². The summed E-state index contributed by atoms with van der Waals surface area (Å²) in [4.78, 5) is 36.4. The number of nitrogens with one attached hydrogen (secondary N) is 2. The molecule has 0 aliphatic carbocycles. The van der Waals surface area contributed by atoms with E-state index in [1.807, 2.05) is 0 Å². The Balaban J connectivity index is 2.10. The van der Waals surface area contributed by atoms with Crippen molar-refractivity contribution in [2.45, 2.75) is 13.8 Å². The maximum atomic E-state index is 12.1. The molecule has 0 spiro atoms. The van der Waals surface area contributed by atoms with E-state index in [1.165, 1.54) is 6.08 Å². The number of carbonyl (C=O) groups excluding carboxylic acids is 3. The zero-order valence-corrected chi connectivity index (χ0v) is 14.1. The number of rotatable bonds is 6. The highest BCUT2D eigenvalue weighted by Gasteiger charge is 2.30. The van der Waals surface area contributed by atoms with Gasteiger partial charge in [0.25, 0.3) is 11.8 Å². The number of hydrogen-bond donors (Lipinski definition) is 3. The molecular weight excluding hydrogens is 334 g/mol. The number of halogens is 1. The van der Waals surface area contributed by atoms with E-state index in [-0.39, 0.29) is 30.7 Å². The van der Waals surface area contributed by atoms with E-state index in [4.69, 9.17) is 16.7 Å². The van der Waals surface area contributed by atoms with Crippen LogP contribution >= 0.6 is 11.6 Å². The summed E-state index contributed by atoms with van der Waals surface area (Å²) in [6.07, 6.45) is 1.17. The summed E-state index contributed by atoms with van der Waals surface area (Å²) < 4.78 is 0. The molecule has 1 heterocycles. The molecular formula is C16H18ClN3O4. The van der Waals surface area contributed by atoms with Gasteiger partial charge in [0, 0.05) is 17.7 Å². The minimum atomic E-state index is -0.512. The van der Waals surface area contributed by atoms with Gasteiger partial charge in [0.2, 0.25) is 5.91 Å². The normalized spacial score (nSPS) is 14.2. The molecule has 0 bridgehead atoms. The lowest BCUT2D eigenvalue weighted by Gasteiger charge is -2.14. The van der Waals surface area contributed by atoms with E-state index < -0.39 is 11.8 Å². The lowest BCUT2D eigenvalue weighted by Crippen LogP contribution is -2.34. The predicted molar refractivity (Wildman–Crippen MR) is 90.4 cm³/mol. The summed E-state index contributed by atoms with van der Waals surface area (Å²) in [6, 6.07) is 4.79. The minimum absolute atomic E-state index is 0.0553. The van der Waals surface area contributed by atoms with Gasteiger partial charge in [-0.3, -0.25) is 19.3 Å². The smallest absolute Gasteiger partial charge is 0.277 e. The van der Waals surface area contributed by atoms with E-state index in [1.54, 1.807) is 32.0 Å². The molecule has 3 amide bonds. The fourth-order valence-electron chi connectivity index (χ4n) is 2.04. The molecule has 1 aromatic carbocycles. The average molecular weight is 352 g/mol. The molecule has 0 unspecified atom stereocenters. The average Bonchev–Trinajstić information content (AvgIpc) is 2.77. The molecule has 128 valence electrons. The second-order valence-electron chi connectivity index (χ2n) is 5.54. The van der Waals surface area contributed by atoms with Gasteiger partial charge in [-0.25, -0.2) is 0 Å². The van der Waals surface area contributed by atoms with E-state index >= 15 is 0 Å². The lowest BCUT2D eigenvalue weighted by molar-refractivity contribution is -0.137. The molecule has 0 saturated heterocycles. The van der Waals surface area contributed by atoms with Crippen LogP contribution in [0.1, 0.15) is 13.8 Å². The SMILES string of the molecule is CC(C)C(=O)Nc1ccc(NC2=CC(=O)N(CCO)C2=O)cc1Cl. The Hall–Kier alpha value is -2.38. The highest BCUT2D eigenvalue weighted by molar-refractivity contribution is 6.34.